The molecule has 2 N–H and O–H groups in total. The third kappa shape index (κ3) is 3.01. The van der Waals surface area contributed by atoms with Crippen molar-refractivity contribution in [2.45, 2.75) is 43.8 Å². The fraction of sp³-hybridized carbons (Fsp3) is 0.500. The first-order valence-electron chi connectivity index (χ1n) is 6.94. The molecule has 2 aromatic rings. The van der Waals surface area contributed by atoms with Gasteiger partial charge in [0.2, 0.25) is 0 Å². The second kappa shape index (κ2) is 5.30. The Kier molecular flexibility index (Phi) is 3.79. The van der Waals surface area contributed by atoms with Crippen molar-refractivity contribution in [2.75, 3.05) is 4.72 Å². The number of nitrogens with zero attached hydrogens (tertiary/aromatic N) is 2. The maximum absolute atomic E-state index is 12.1. The molecule has 0 bridgehead atoms. The predicted octanol–water partition coefficient (Wildman–Crippen LogP) is 0.966. The molecule has 0 atom stereocenters. The van der Waals surface area contributed by atoms with Gasteiger partial charge in [-0.1, -0.05) is 0 Å². The van der Waals surface area contributed by atoms with Crippen molar-refractivity contribution in [1.82, 2.24) is 15.2 Å². The van der Waals surface area contributed by atoms with Crippen LogP contribution in [0.3, 0.4) is 0 Å². The molecule has 124 valence electrons. The molecule has 1 saturated heterocycles. The van der Waals surface area contributed by atoms with Gasteiger partial charge in [0.15, 0.2) is 5.13 Å². The number of hydrogen-bond donors (Lipinski definition) is 2. The second-order valence-electron chi connectivity index (χ2n) is 6.20. The van der Waals surface area contributed by atoms with E-state index in [1.807, 2.05) is 27.7 Å². The van der Waals surface area contributed by atoms with Crippen LogP contribution in [0.15, 0.2) is 23.5 Å². The van der Waals surface area contributed by atoms with Crippen LogP contribution in [-0.2, 0) is 19.3 Å². The highest BCUT2D eigenvalue weighted by atomic mass is 32.2. The minimum atomic E-state index is -3.70. The molecule has 0 radical (unpaired) electrons. The van der Waals surface area contributed by atoms with E-state index in [2.05, 4.69) is 19.9 Å². The lowest BCUT2D eigenvalue weighted by atomic mass is 9.89. The SMILES string of the molecule is CC1(C)OB(c2cnc(NS(=O)(=O)c3cn[nH]c3)s2)OC1(C)C. The van der Waals surface area contributed by atoms with Crippen molar-refractivity contribution in [3.8, 4) is 0 Å². The fourth-order valence-electron chi connectivity index (χ4n) is 1.96. The van der Waals surface area contributed by atoms with Crippen LogP contribution in [-0.4, -0.2) is 41.9 Å². The average Bonchev–Trinajstić information content (AvgIpc) is 3.10. The molecule has 1 aliphatic heterocycles. The summed E-state index contributed by atoms with van der Waals surface area (Å²) in [6.45, 7) is 7.82. The van der Waals surface area contributed by atoms with Gasteiger partial charge in [-0.25, -0.2) is 13.4 Å². The highest BCUT2D eigenvalue weighted by Gasteiger charge is 2.52. The summed E-state index contributed by atoms with van der Waals surface area (Å²) in [5.74, 6) is 0. The molecule has 0 spiro atoms. The standard InChI is InChI=1S/C12H17BN4O4S2/c1-11(2)12(3,4)21-13(20-11)9-7-14-10(22-9)17-23(18,19)8-5-15-16-6-8/h5-7H,1-4H3,(H,14,17)(H,15,16). The predicted molar refractivity (Wildman–Crippen MR) is 87.2 cm³/mol. The van der Waals surface area contributed by atoms with Crippen molar-refractivity contribution in [3.63, 3.8) is 0 Å². The van der Waals surface area contributed by atoms with E-state index in [0.717, 1.165) is 0 Å². The van der Waals surface area contributed by atoms with Crippen molar-refractivity contribution in [2.24, 2.45) is 0 Å². The monoisotopic (exact) mass is 356 g/mol. The van der Waals surface area contributed by atoms with Gasteiger partial charge in [0, 0.05) is 12.4 Å². The van der Waals surface area contributed by atoms with Gasteiger partial charge in [0.25, 0.3) is 10.0 Å². The zero-order valence-electron chi connectivity index (χ0n) is 13.2. The van der Waals surface area contributed by atoms with Crippen LogP contribution in [0.1, 0.15) is 27.7 Å². The number of hydrogen-bond acceptors (Lipinski definition) is 7. The molecule has 3 heterocycles. The van der Waals surface area contributed by atoms with E-state index < -0.39 is 28.3 Å². The molecule has 3 rings (SSSR count). The number of anilines is 1. The third-order valence-electron chi connectivity index (χ3n) is 4.01. The smallest absolute Gasteiger partial charge is 0.399 e. The van der Waals surface area contributed by atoms with Crippen LogP contribution >= 0.6 is 11.3 Å². The average molecular weight is 356 g/mol. The summed E-state index contributed by atoms with van der Waals surface area (Å²) in [7, 11) is -4.27. The first kappa shape index (κ1) is 16.4. The lowest BCUT2D eigenvalue weighted by Crippen LogP contribution is -2.41. The van der Waals surface area contributed by atoms with Crippen molar-refractivity contribution >= 4 is 38.4 Å². The van der Waals surface area contributed by atoms with Gasteiger partial charge in [-0.3, -0.25) is 9.82 Å². The molecule has 0 amide bonds. The van der Waals surface area contributed by atoms with Gasteiger partial charge in [-0.2, -0.15) is 5.10 Å². The highest BCUT2D eigenvalue weighted by molar-refractivity contribution is 7.93. The van der Waals surface area contributed by atoms with Gasteiger partial charge >= 0.3 is 7.12 Å². The number of aromatic amines is 1. The first-order chi connectivity index (χ1) is 10.6. The Morgan fingerprint density at radius 3 is 2.43 bits per heavy atom. The molecule has 0 saturated carbocycles. The Balaban J connectivity index is 1.77. The number of nitrogens with one attached hydrogen (secondary N) is 2. The number of aromatic nitrogens is 3. The molecule has 0 aromatic carbocycles. The zero-order chi connectivity index (χ0) is 16.9. The lowest BCUT2D eigenvalue weighted by Gasteiger charge is -2.32. The van der Waals surface area contributed by atoms with Crippen LogP contribution in [0, 0.1) is 0 Å². The minimum absolute atomic E-state index is 0.0462. The molecule has 1 aliphatic rings. The molecule has 0 unspecified atom stereocenters. The summed E-state index contributed by atoms with van der Waals surface area (Å²) in [6.07, 6.45) is 4.08. The normalized spacial score (nSPS) is 19.9. The van der Waals surface area contributed by atoms with E-state index in [1.54, 1.807) is 6.20 Å². The number of sulfonamides is 1. The summed E-state index contributed by atoms with van der Waals surface area (Å²) in [5.41, 5.74) is -0.920. The van der Waals surface area contributed by atoms with E-state index in [1.165, 1.54) is 23.7 Å². The fourth-order valence-corrected chi connectivity index (χ4v) is 3.88. The number of rotatable bonds is 4. The Hall–Kier alpha value is -1.43. The molecule has 2 aromatic heterocycles. The van der Waals surface area contributed by atoms with E-state index in [9.17, 15) is 8.42 Å². The summed E-state index contributed by atoms with van der Waals surface area (Å²) in [4.78, 5) is 4.14. The van der Waals surface area contributed by atoms with Gasteiger partial charge in [0.05, 0.1) is 22.2 Å². The topological polar surface area (TPSA) is 106 Å². The quantitative estimate of drug-likeness (QED) is 0.791. The van der Waals surface area contributed by atoms with Gasteiger partial charge in [-0.15, -0.1) is 11.3 Å². The van der Waals surface area contributed by atoms with E-state index in [-0.39, 0.29) is 10.0 Å². The van der Waals surface area contributed by atoms with Gasteiger partial charge in [0.1, 0.15) is 4.90 Å². The van der Waals surface area contributed by atoms with Crippen molar-refractivity contribution < 1.29 is 17.7 Å². The molecule has 1 fully saturated rings. The van der Waals surface area contributed by atoms with Crippen LogP contribution in [0.25, 0.3) is 0 Å². The molecule has 0 aliphatic carbocycles. The van der Waals surface area contributed by atoms with Crippen molar-refractivity contribution in [1.29, 1.82) is 0 Å². The van der Waals surface area contributed by atoms with E-state index in [4.69, 9.17) is 9.31 Å². The van der Waals surface area contributed by atoms with E-state index in [0.29, 0.717) is 4.78 Å². The minimum Gasteiger partial charge on any atom is -0.399 e. The second-order valence-corrected chi connectivity index (χ2v) is 8.94. The molecule has 8 nitrogen and oxygen atoms in total. The van der Waals surface area contributed by atoms with Crippen LogP contribution in [0.4, 0.5) is 5.13 Å². The Bertz CT molecular complexity index is 785. The van der Waals surface area contributed by atoms with Gasteiger partial charge < -0.3 is 9.31 Å². The molecule has 23 heavy (non-hydrogen) atoms. The van der Waals surface area contributed by atoms with Crippen molar-refractivity contribution in [3.05, 3.63) is 18.6 Å². The third-order valence-corrected chi connectivity index (χ3v) is 6.38. The Morgan fingerprint density at radius 2 is 1.87 bits per heavy atom. The van der Waals surface area contributed by atoms with Crippen LogP contribution in [0.5, 0.6) is 0 Å². The number of thiazole rings is 1. The lowest BCUT2D eigenvalue weighted by molar-refractivity contribution is 0.00578. The summed E-state index contributed by atoms with van der Waals surface area (Å²) in [5, 5.41) is 6.34. The largest absolute Gasteiger partial charge is 0.507 e. The molecule has 11 heteroatoms. The van der Waals surface area contributed by atoms with Gasteiger partial charge in [-0.05, 0) is 27.7 Å². The summed E-state index contributed by atoms with van der Waals surface area (Å²) in [6, 6.07) is 0. The maximum Gasteiger partial charge on any atom is 0.507 e. The van der Waals surface area contributed by atoms with Crippen LogP contribution in [0.2, 0.25) is 0 Å². The molecular formula is C12H17BN4O4S2. The molecular weight excluding hydrogens is 339 g/mol. The Morgan fingerprint density at radius 1 is 1.22 bits per heavy atom. The Labute approximate surface area is 138 Å². The highest BCUT2D eigenvalue weighted by Crippen LogP contribution is 2.37. The zero-order valence-corrected chi connectivity index (χ0v) is 14.8. The number of H-pyrrole nitrogens is 1. The summed E-state index contributed by atoms with van der Waals surface area (Å²) < 4.78 is 39.2. The summed E-state index contributed by atoms with van der Waals surface area (Å²) >= 11 is 1.17. The van der Waals surface area contributed by atoms with E-state index >= 15 is 0 Å². The maximum atomic E-state index is 12.1. The first-order valence-corrected chi connectivity index (χ1v) is 9.24. The van der Waals surface area contributed by atoms with Crippen LogP contribution < -0.4 is 9.50 Å².